The van der Waals surface area contributed by atoms with Crippen LogP contribution in [0.2, 0.25) is 0 Å². The van der Waals surface area contributed by atoms with E-state index in [1.165, 1.54) is 13.8 Å². The number of carbonyl (C=O) groups excluding carboxylic acids is 2. The van der Waals surface area contributed by atoms with Gasteiger partial charge < -0.3 is 19.4 Å². The second-order valence-electron chi connectivity index (χ2n) is 5.20. The molecule has 7 nitrogen and oxygen atoms in total. The number of hydrogen-bond donors (Lipinski definition) is 1. The van der Waals surface area contributed by atoms with Gasteiger partial charge in [0.2, 0.25) is 0 Å². The van der Waals surface area contributed by atoms with Crippen molar-refractivity contribution >= 4 is 17.7 Å². The molecule has 0 unspecified atom stereocenters. The van der Waals surface area contributed by atoms with Gasteiger partial charge >= 0.3 is 11.9 Å². The summed E-state index contributed by atoms with van der Waals surface area (Å²) in [7, 11) is 0. The quantitative estimate of drug-likeness (QED) is 0.516. The Morgan fingerprint density at radius 2 is 1.96 bits per heavy atom. The first-order valence-corrected chi connectivity index (χ1v) is 7.23. The Bertz CT molecular complexity index is 585. The lowest BCUT2D eigenvalue weighted by molar-refractivity contribution is -0.165. The van der Waals surface area contributed by atoms with Crippen molar-refractivity contribution in [2.24, 2.45) is 5.16 Å². The molecule has 1 fully saturated rings. The van der Waals surface area contributed by atoms with Crippen LogP contribution in [0.4, 0.5) is 0 Å². The summed E-state index contributed by atoms with van der Waals surface area (Å²) in [5, 5.41) is 12.5. The monoisotopic (exact) mass is 321 g/mol. The number of benzene rings is 1. The van der Waals surface area contributed by atoms with E-state index in [9.17, 15) is 14.8 Å². The molecule has 1 aliphatic heterocycles. The molecule has 7 heteroatoms. The van der Waals surface area contributed by atoms with Crippen molar-refractivity contribution < 1.29 is 29.0 Å². The average molecular weight is 321 g/mol. The normalized spacial score (nSPS) is 25.8. The Balaban J connectivity index is 2.23. The summed E-state index contributed by atoms with van der Waals surface area (Å²) < 4.78 is 16.1. The molecule has 1 aromatic carbocycles. The summed E-state index contributed by atoms with van der Waals surface area (Å²) >= 11 is 0. The van der Waals surface area contributed by atoms with Crippen molar-refractivity contribution in [2.75, 3.05) is 6.61 Å². The molecular formula is C16H19NO6. The summed E-state index contributed by atoms with van der Waals surface area (Å²) in [6.45, 7) is 2.43. The van der Waals surface area contributed by atoms with Crippen LogP contribution in [-0.2, 0) is 23.8 Å². The first kappa shape index (κ1) is 17.0. The highest BCUT2D eigenvalue weighted by molar-refractivity contribution is 5.91. The smallest absolute Gasteiger partial charge is 0.303 e. The molecule has 1 N–H and O–H groups in total. The minimum Gasteiger partial charge on any atom is -0.463 e. The van der Waals surface area contributed by atoms with Crippen molar-refractivity contribution in [2.45, 2.75) is 38.6 Å². The molecule has 23 heavy (non-hydrogen) atoms. The Labute approximate surface area is 133 Å². The number of oxime groups is 1. The third-order valence-electron chi connectivity index (χ3n) is 3.44. The highest BCUT2D eigenvalue weighted by Gasteiger charge is 2.40. The zero-order chi connectivity index (χ0) is 16.8. The first-order chi connectivity index (χ1) is 11.0. The molecule has 1 heterocycles. The Kier molecular flexibility index (Phi) is 5.70. The van der Waals surface area contributed by atoms with Crippen LogP contribution in [0.25, 0.3) is 0 Å². The minimum absolute atomic E-state index is 0.102. The Morgan fingerprint density at radius 1 is 1.26 bits per heavy atom. The van der Waals surface area contributed by atoms with Gasteiger partial charge in [0.05, 0.1) is 6.10 Å². The molecule has 3 atom stereocenters. The summed E-state index contributed by atoms with van der Waals surface area (Å²) in [6, 6.07) is 9.39. The van der Waals surface area contributed by atoms with E-state index in [0.717, 1.165) is 5.56 Å². The fraction of sp³-hybridized carbons (Fsp3) is 0.438. The van der Waals surface area contributed by atoms with Crippen molar-refractivity contribution in [1.82, 2.24) is 0 Å². The van der Waals surface area contributed by atoms with E-state index in [0.29, 0.717) is 0 Å². The van der Waals surface area contributed by atoms with Crippen LogP contribution in [0.15, 0.2) is 35.5 Å². The van der Waals surface area contributed by atoms with Crippen LogP contribution in [0.5, 0.6) is 0 Å². The topological polar surface area (TPSA) is 94.4 Å². The van der Waals surface area contributed by atoms with Crippen molar-refractivity contribution in [3.8, 4) is 0 Å². The van der Waals surface area contributed by atoms with Gasteiger partial charge in [0.15, 0.2) is 6.10 Å². The van der Waals surface area contributed by atoms with Crippen LogP contribution in [0.3, 0.4) is 0 Å². The van der Waals surface area contributed by atoms with Gasteiger partial charge in [-0.1, -0.05) is 35.5 Å². The molecule has 0 radical (unpaired) electrons. The molecule has 2 rings (SSSR count). The molecule has 0 bridgehead atoms. The maximum absolute atomic E-state index is 11.3. The maximum atomic E-state index is 11.3. The second kappa shape index (κ2) is 7.73. The fourth-order valence-corrected chi connectivity index (χ4v) is 2.46. The van der Waals surface area contributed by atoms with Gasteiger partial charge in [-0.3, -0.25) is 9.59 Å². The van der Waals surface area contributed by atoms with Gasteiger partial charge in [0.1, 0.15) is 18.4 Å². The molecule has 1 saturated heterocycles. The lowest BCUT2D eigenvalue weighted by Crippen LogP contribution is -2.48. The number of carbonyl (C=O) groups is 2. The van der Waals surface area contributed by atoms with Gasteiger partial charge in [0.25, 0.3) is 0 Å². The summed E-state index contributed by atoms with van der Waals surface area (Å²) in [5.74, 6) is -1.01. The molecule has 0 aliphatic carbocycles. The average Bonchev–Trinajstić information content (AvgIpc) is 2.53. The van der Waals surface area contributed by atoms with Gasteiger partial charge in [0, 0.05) is 20.3 Å². The van der Waals surface area contributed by atoms with Crippen molar-refractivity contribution in [3.05, 3.63) is 35.9 Å². The van der Waals surface area contributed by atoms with Crippen LogP contribution >= 0.6 is 0 Å². The molecule has 124 valence electrons. The lowest BCUT2D eigenvalue weighted by atomic mass is 9.94. The number of ether oxygens (including phenoxy) is 3. The highest BCUT2D eigenvalue weighted by Crippen LogP contribution is 2.31. The van der Waals surface area contributed by atoms with E-state index >= 15 is 0 Å². The molecule has 0 saturated carbocycles. The van der Waals surface area contributed by atoms with Crippen LogP contribution in [-0.4, -0.2) is 41.7 Å². The molecule has 0 spiro atoms. The lowest BCUT2D eigenvalue weighted by Gasteiger charge is -2.36. The Hall–Kier alpha value is -2.41. The van der Waals surface area contributed by atoms with E-state index in [-0.39, 0.29) is 24.8 Å². The SMILES string of the molecule is CC(=O)OC[C@H]1O[C@@H](c2ccccc2)C/C(=N\O)[C@H]1OC(C)=O. The van der Waals surface area contributed by atoms with Crippen molar-refractivity contribution in [1.29, 1.82) is 0 Å². The Morgan fingerprint density at radius 3 is 2.52 bits per heavy atom. The predicted molar refractivity (Wildman–Crippen MR) is 80.1 cm³/mol. The van der Waals surface area contributed by atoms with Gasteiger partial charge in [-0.15, -0.1) is 0 Å². The van der Waals surface area contributed by atoms with Gasteiger partial charge in [-0.05, 0) is 5.56 Å². The van der Waals surface area contributed by atoms with E-state index in [1.54, 1.807) is 0 Å². The third-order valence-corrected chi connectivity index (χ3v) is 3.44. The zero-order valence-corrected chi connectivity index (χ0v) is 13.0. The standard InChI is InChI=1S/C16H19NO6/c1-10(18)21-9-15-16(22-11(2)19)13(17-20)8-14(23-15)12-6-4-3-5-7-12/h3-7,14-16,20H,8-9H2,1-2H3/b17-13+/t14-,15-,16-/m1/s1. The number of rotatable bonds is 4. The molecule has 0 aromatic heterocycles. The molecule has 1 aromatic rings. The fourth-order valence-electron chi connectivity index (χ4n) is 2.46. The number of nitrogens with zero attached hydrogens (tertiary/aromatic N) is 1. The highest BCUT2D eigenvalue weighted by atomic mass is 16.6. The summed E-state index contributed by atoms with van der Waals surface area (Å²) in [5.41, 5.74) is 1.17. The maximum Gasteiger partial charge on any atom is 0.303 e. The molecule has 0 amide bonds. The van der Waals surface area contributed by atoms with Gasteiger partial charge in [-0.2, -0.15) is 0 Å². The second-order valence-corrected chi connectivity index (χ2v) is 5.20. The van der Waals surface area contributed by atoms with Crippen LogP contribution < -0.4 is 0 Å². The van der Waals surface area contributed by atoms with E-state index < -0.39 is 24.1 Å². The predicted octanol–water partition coefficient (Wildman–Crippen LogP) is 1.84. The van der Waals surface area contributed by atoms with E-state index in [1.807, 2.05) is 30.3 Å². The summed E-state index contributed by atoms with van der Waals surface area (Å²) in [4.78, 5) is 22.3. The third kappa shape index (κ3) is 4.53. The zero-order valence-electron chi connectivity index (χ0n) is 13.0. The molecule has 1 aliphatic rings. The minimum atomic E-state index is -0.892. The number of hydrogen-bond acceptors (Lipinski definition) is 7. The molecular weight excluding hydrogens is 302 g/mol. The van der Waals surface area contributed by atoms with E-state index in [2.05, 4.69) is 5.16 Å². The van der Waals surface area contributed by atoms with E-state index in [4.69, 9.17) is 14.2 Å². The largest absolute Gasteiger partial charge is 0.463 e. The van der Waals surface area contributed by atoms with Gasteiger partial charge in [-0.25, -0.2) is 0 Å². The number of esters is 2. The van der Waals surface area contributed by atoms with Crippen LogP contribution in [0.1, 0.15) is 31.9 Å². The van der Waals surface area contributed by atoms with Crippen LogP contribution in [0, 0.1) is 0 Å². The first-order valence-electron chi connectivity index (χ1n) is 7.23. The van der Waals surface area contributed by atoms with Crippen molar-refractivity contribution in [3.63, 3.8) is 0 Å². The summed E-state index contributed by atoms with van der Waals surface area (Å²) in [6.07, 6.45) is -1.74.